The van der Waals surface area contributed by atoms with E-state index >= 15 is 0 Å². The Bertz CT molecular complexity index is 68.8. The van der Waals surface area contributed by atoms with E-state index < -0.39 is 0 Å². The van der Waals surface area contributed by atoms with E-state index in [4.69, 9.17) is 9.47 Å². The first-order valence-corrected chi connectivity index (χ1v) is 3.20. The smallest absolute Gasteiger partial charge is 0.147 e. The van der Waals surface area contributed by atoms with Gasteiger partial charge in [0, 0.05) is 5.25 Å². The van der Waals surface area contributed by atoms with E-state index in [9.17, 15) is 0 Å². The highest BCUT2D eigenvalue weighted by Gasteiger charge is 2.19. The Morgan fingerprint density at radius 2 is 2.50 bits per heavy atom. The molecule has 0 bridgehead atoms. The molecule has 0 aromatic carbocycles. The predicted octanol–water partition coefficient (Wildman–Crippen LogP) is 0.678. The Balaban J connectivity index is 2.24. The average Bonchev–Trinajstić information content (AvgIpc) is 2.12. The van der Waals surface area contributed by atoms with Crippen LogP contribution in [-0.4, -0.2) is 24.8 Å². The molecule has 0 saturated carbocycles. The molecule has 2 unspecified atom stereocenters. The number of rotatable bonds is 1. The summed E-state index contributed by atoms with van der Waals surface area (Å²) in [7, 11) is 0. The zero-order chi connectivity index (χ0) is 5.98. The van der Waals surface area contributed by atoms with Crippen molar-refractivity contribution in [3.63, 3.8) is 0 Å². The van der Waals surface area contributed by atoms with Gasteiger partial charge in [0.25, 0.3) is 0 Å². The molecule has 1 aliphatic heterocycles. The summed E-state index contributed by atoms with van der Waals surface area (Å²) in [6.45, 7) is 3.14. The fraction of sp³-hybridized carbons (Fsp3) is 1.00. The summed E-state index contributed by atoms with van der Waals surface area (Å²) in [6, 6.07) is 0. The van der Waals surface area contributed by atoms with Crippen molar-refractivity contribution in [3.05, 3.63) is 0 Å². The Hall–Kier alpha value is 0.270. The van der Waals surface area contributed by atoms with Gasteiger partial charge < -0.3 is 9.47 Å². The maximum absolute atomic E-state index is 5.12. The summed E-state index contributed by atoms with van der Waals surface area (Å²) >= 11 is 4.19. The first-order valence-electron chi connectivity index (χ1n) is 2.68. The number of thiol groups is 1. The van der Waals surface area contributed by atoms with E-state index in [2.05, 4.69) is 12.6 Å². The Labute approximate surface area is 54.6 Å². The van der Waals surface area contributed by atoms with Gasteiger partial charge in [-0.1, -0.05) is 6.92 Å². The Morgan fingerprint density at radius 1 is 1.75 bits per heavy atom. The highest BCUT2D eigenvalue weighted by molar-refractivity contribution is 7.81. The minimum absolute atomic E-state index is 0.207. The molecule has 48 valence electrons. The molecule has 0 radical (unpaired) electrons. The van der Waals surface area contributed by atoms with Crippen molar-refractivity contribution in [2.24, 2.45) is 0 Å². The minimum atomic E-state index is 0.207. The summed E-state index contributed by atoms with van der Waals surface area (Å²) in [4.78, 5) is 0. The van der Waals surface area contributed by atoms with E-state index in [1.54, 1.807) is 0 Å². The fourth-order valence-electron chi connectivity index (χ4n) is 0.626. The van der Waals surface area contributed by atoms with Crippen LogP contribution in [0.25, 0.3) is 0 Å². The van der Waals surface area contributed by atoms with Crippen molar-refractivity contribution in [1.29, 1.82) is 0 Å². The molecule has 3 heteroatoms. The van der Waals surface area contributed by atoms with Crippen molar-refractivity contribution in [1.82, 2.24) is 0 Å². The molecule has 1 rings (SSSR count). The third-order valence-corrected chi connectivity index (χ3v) is 1.52. The summed E-state index contributed by atoms with van der Waals surface area (Å²) in [5.74, 6) is 0. The monoisotopic (exact) mass is 134 g/mol. The molecule has 0 N–H and O–H groups in total. The van der Waals surface area contributed by atoms with Gasteiger partial charge in [0.1, 0.15) is 6.79 Å². The van der Waals surface area contributed by atoms with Crippen LogP contribution in [0.4, 0.5) is 0 Å². The van der Waals surface area contributed by atoms with Crippen molar-refractivity contribution >= 4 is 12.6 Å². The first kappa shape index (κ1) is 6.39. The third-order valence-electron chi connectivity index (χ3n) is 1.19. The second-order valence-electron chi connectivity index (χ2n) is 1.93. The number of hydrogen-bond acceptors (Lipinski definition) is 3. The SMILES string of the molecule is CC(S)C1COCO1. The van der Waals surface area contributed by atoms with Crippen molar-refractivity contribution in [2.75, 3.05) is 13.4 Å². The molecule has 2 atom stereocenters. The van der Waals surface area contributed by atoms with Gasteiger partial charge in [0.15, 0.2) is 0 Å². The van der Waals surface area contributed by atoms with E-state index in [1.165, 1.54) is 0 Å². The molecule has 0 spiro atoms. The van der Waals surface area contributed by atoms with Crippen LogP contribution in [0, 0.1) is 0 Å². The normalized spacial score (nSPS) is 33.0. The van der Waals surface area contributed by atoms with Gasteiger partial charge in [-0.15, -0.1) is 0 Å². The molecule has 1 heterocycles. The molecule has 1 fully saturated rings. The molecular weight excluding hydrogens is 124 g/mol. The fourth-order valence-corrected chi connectivity index (χ4v) is 0.799. The van der Waals surface area contributed by atoms with Gasteiger partial charge in [0.2, 0.25) is 0 Å². The lowest BCUT2D eigenvalue weighted by Gasteiger charge is -2.08. The lowest BCUT2D eigenvalue weighted by molar-refractivity contribution is 0.0475. The van der Waals surface area contributed by atoms with E-state index in [1.807, 2.05) is 6.92 Å². The maximum atomic E-state index is 5.12. The van der Waals surface area contributed by atoms with E-state index in [0.29, 0.717) is 13.4 Å². The molecule has 0 aromatic rings. The lowest BCUT2D eigenvalue weighted by atomic mass is 10.3. The zero-order valence-corrected chi connectivity index (χ0v) is 5.73. The van der Waals surface area contributed by atoms with Gasteiger partial charge in [0.05, 0.1) is 12.7 Å². The van der Waals surface area contributed by atoms with Gasteiger partial charge in [-0.2, -0.15) is 12.6 Å². The highest BCUT2D eigenvalue weighted by Crippen LogP contribution is 2.11. The maximum Gasteiger partial charge on any atom is 0.147 e. The predicted molar refractivity (Wildman–Crippen MR) is 34.1 cm³/mol. The number of ether oxygens (including phenoxy) is 2. The van der Waals surface area contributed by atoms with Crippen molar-refractivity contribution < 1.29 is 9.47 Å². The van der Waals surface area contributed by atoms with Gasteiger partial charge in [-0.25, -0.2) is 0 Å². The highest BCUT2D eigenvalue weighted by atomic mass is 32.1. The molecule has 1 saturated heterocycles. The molecule has 2 nitrogen and oxygen atoms in total. The van der Waals surface area contributed by atoms with Crippen LogP contribution in [-0.2, 0) is 9.47 Å². The van der Waals surface area contributed by atoms with Crippen molar-refractivity contribution in [2.45, 2.75) is 18.3 Å². The van der Waals surface area contributed by atoms with Crippen LogP contribution in [0.1, 0.15) is 6.92 Å². The molecular formula is C5H10O2S. The van der Waals surface area contributed by atoms with Gasteiger partial charge in [-0.05, 0) is 0 Å². The molecule has 0 amide bonds. The largest absolute Gasteiger partial charge is 0.353 e. The van der Waals surface area contributed by atoms with Gasteiger partial charge in [-0.3, -0.25) is 0 Å². The quantitative estimate of drug-likeness (QED) is 0.531. The average molecular weight is 134 g/mol. The van der Waals surface area contributed by atoms with E-state index in [-0.39, 0.29) is 11.4 Å². The zero-order valence-electron chi connectivity index (χ0n) is 4.83. The van der Waals surface area contributed by atoms with Crippen LogP contribution in [0.3, 0.4) is 0 Å². The molecule has 0 aliphatic carbocycles. The first-order chi connectivity index (χ1) is 3.80. The van der Waals surface area contributed by atoms with Crippen LogP contribution in [0.15, 0.2) is 0 Å². The Kier molecular flexibility index (Phi) is 2.16. The van der Waals surface area contributed by atoms with Gasteiger partial charge >= 0.3 is 0 Å². The minimum Gasteiger partial charge on any atom is -0.353 e. The summed E-state index contributed by atoms with van der Waals surface area (Å²) in [6.07, 6.45) is 0.207. The topological polar surface area (TPSA) is 18.5 Å². The third kappa shape index (κ3) is 1.37. The van der Waals surface area contributed by atoms with E-state index in [0.717, 1.165) is 0 Å². The van der Waals surface area contributed by atoms with Crippen molar-refractivity contribution in [3.8, 4) is 0 Å². The molecule has 0 aromatic heterocycles. The van der Waals surface area contributed by atoms with Crippen LogP contribution < -0.4 is 0 Å². The lowest BCUT2D eigenvalue weighted by Crippen LogP contribution is -2.19. The summed E-state index contributed by atoms with van der Waals surface area (Å²) < 4.78 is 10.1. The second kappa shape index (κ2) is 2.71. The summed E-state index contributed by atoms with van der Waals surface area (Å²) in [5, 5.41) is 0.289. The summed E-state index contributed by atoms with van der Waals surface area (Å²) in [5.41, 5.74) is 0. The van der Waals surface area contributed by atoms with Crippen LogP contribution in [0.2, 0.25) is 0 Å². The second-order valence-corrected chi connectivity index (χ2v) is 2.75. The van der Waals surface area contributed by atoms with Crippen LogP contribution in [0.5, 0.6) is 0 Å². The molecule has 1 aliphatic rings. The number of hydrogen-bond donors (Lipinski definition) is 1. The Morgan fingerprint density at radius 3 is 2.75 bits per heavy atom. The molecule has 8 heavy (non-hydrogen) atoms. The van der Waals surface area contributed by atoms with Crippen LogP contribution >= 0.6 is 12.6 Å². The standard InChI is InChI=1S/C5H10O2S/c1-4(8)5-2-6-3-7-5/h4-5,8H,2-3H2,1H3.